The van der Waals surface area contributed by atoms with Gasteiger partial charge in [0.25, 0.3) is 0 Å². The van der Waals surface area contributed by atoms with Crippen LogP contribution in [-0.2, 0) is 0 Å². The topological polar surface area (TPSA) is 39.1 Å². The molecule has 0 amide bonds. The largest absolute Gasteiger partial charge is 0.313 e. The molecular weight excluding hydrogens is 174 g/mol. The van der Waals surface area contributed by atoms with Gasteiger partial charge in [0.05, 0.1) is 12.6 Å². The molecule has 1 rings (SSSR count). The highest BCUT2D eigenvalue weighted by atomic mass is 15.2. The molecule has 2 unspecified atom stereocenters. The zero-order chi connectivity index (χ0) is 10.4. The Balaban J connectivity index is 2.44. The van der Waals surface area contributed by atoms with Crippen molar-refractivity contribution >= 4 is 0 Å². The van der Waals surface area contributed by atoms with Crippen molar-refractivity contribution in [1.29, 1.82) is 5.26 Å². The minimum absolute atomic E-state index is 0.582. The van der Waals surface area contributed by atoms with E-state index >= 15 is 0 Å². The lowest BCUT2D eigenvalue weighted by molar-refractivity contribution is 0.154. The van der Waals surface area contributed by atoms with Gasteiger partial charge in [0, 0.05) is 19.1 Å². The molecule has 1 heterocycles. The number of nitrogens with zero attached hydrogens (tertiary/aromatic N) is 2. The van der Waals surface area contributed by atoms with Gasteiger partial charge in [-0.05, 0) is 18.9 Å². The Kier molecular flexibility index (Phi) is 4.92. The lowest BCUT2D eigenvalue weighted by atomic mass is 9.92. The Morgan fingerprint density at radius 1 is 1.43 bits per heavy atom. The molecule has 1 aliphatic rings. The minimum atomic E-state index is 0.582. The SMILES string of the molecule is CCNC1CC(CC)CN(CC#N)C1. The summed E-state index contributed by atoms with van der Waals surface area (Å²) in [6.07, 6.45) is 2.50. The van der Waals surface area contributed by atoms with E-state index in [1.165, 1.54) is 12.8 Å². The normalized spacial score (nSPS) is 28.6. The first-order chi connectivity index (χ1) is 6.80. The molecule has 0 bridgehead atoms. The Morgan fingerprint density at radius 2 is 2.21 bits per heavy atom. The number of likely N-dealkylation sites (tertiary alicyclic amines) is 1. The van der Waals surface area contributed by atoms with Crippen LogP contribution in [0.25, 0.3) is 0 Å². The molecular formula is C11H21N3. The van der Waals surface area contributed by atoms with Crippen LogP contribution in [0.15, 0.2) is 0 Å². The van der Waals surface area contributed by atoms with Crippen LogP contribution >= 0.6 is 0 Å². The number of hydrogen-bond acceptors (Lipinski definition) is 3. The van der Waals surface area contributed by atoms with Gasteiger partial charge in [0.2, 0.25) is 0 Å². The number of piperidine rings is 1. The first kappa shape index (κ1) is 11.5. The number of rotatable bonds is 4. The molecule has 0 aliphatic carbocycles. The summed E-state index contributed by atoms with van der Waals surface area (Å²) < 4.78 is 0. The third-order valence-electron chi connectivity index (χ3n) is 2.98. The maximum Gasteiger partial charge on any atom is 0.0866 e. The summed E-state index contributed by atoms with van der Waals surface area (Å²) in [5.41, 5.74) is 0. The smallest absolute Gasteiger partial charge is 0.0866 e. The maximum absolute atomic E-state index is 8.68. The first-order valence-corrected chi connectivity index (χ1v) is 5.62. The molecule has 0 spiro atoms. The summed E-state index contributed by atoms with van der Waals surface area (Å²) in [7, 11) is 0. The van der Waals surface area contributed by atoms with Crippen molar-refractivity contribution < 1.29 is 0 Å². The van der Waals surface area contributed by atoms with E-state index in [9.17, 15) is 0 Å². The molecule has 14 heavy (non-hydrogen) atoms. The van der Waals surface area contributed by atoms with Crippen LogP contribution in [0.3, 0.4) is 0 Å². The van der Waals surface area contributed by atoms with Gasteiger partial charge in [-0.2, -0.15) is 5.26 Å². The quantitative estimate of drug-likeness (QED) is 0.686. The van der Waals surface area contributed by atoms with Gasteiger partial charge in [0.15, 0.2) is 0 Å². The van der Waals surface area contributed by atoms with Gasteiger partial charge >= 0.3 is 0 Å². The van der Waals surface area contributed by atoms with E-state index in [-0.39, 0.29) is 0 Å². The van der Waals surface area contributed by atoms with Crippen molar-refractivity contribution in [3.05, 3.63) is 0 Å². The standard InChI is InChI=1S/C11H21N3/c1-3-10-7-11(13-4-2)9-14(8-10)6-5-12/h10-11,13H,3-4,6-9H2,1-2H3. The van der Waals surface area contributed by atoms with Gasteiger partial charge in [-0.25, -0.2) is 0 Å². The molecule has 1 N–H and O–H groups in total. The van der Waals surface area contributed by atoms with Crippen molar-refractivity contribution in [1.82, 2.24) is 10.2 Å². The molecule has 0 aromatic rings. The molecule has 1 fully saturated rings. The number of likely N-dealkylation sites (N-methyl/N-ethyl adjacent to an activating group) is 1. The van der Waals surface area contributed by atoms with Gasteiger partial charge in [-0.3, -0.25) is 4.90 Å². The monoisotopic (exact) mass is 195 g/mol. The third-order valence-corrected chi connectivity index (χ3v) is 2.98. The summed E-state index contributed by atoms with van der Waals surface area (Å²) in [5.74, 6) is 0.765. The molecule has 0 saturated carbocycles. The van der Waals surface area contributed by atoms with Crippen molar-refractivity contribution in [3.63, 3.8) is 0 Å². The summed E-state index contributed by atoms with van der Waals surface area (Å²) in [4.78, 5) is 2.27. The Labute approximate surface area is 87.1 Å². The Bertz CT molecular complexity index is 197. The minimum Gasteiger partial charge on any atom is -0.313 e. The van der Waals surface area contributed by atoms with Crippen molar-refractivity contribution in [2.75, 3.05) is 26.2 Å². The second kappa shape index (κ2) is 6.00. The van der Waals surface area contributed by atoms with Crippen LogP contribution in [0.4, 0.5) is 0 Å². The zero-order valence-corrected chi connectivity index (χ0v) is 9.29. The number of nitriles is 1. The predicted molar refractivity (Wildman–Crippen MR) is 57.9 cm³/mol. The maximum atomic E-state index is 8.68. The second-order valence-corrected chi connectivity index (χ2v) is 4.12. The molecule has 0 radical (unpaired) electrons. The van der Waals surface area contributed by atoms with E-state index in [1.807, 2.05) is 0 Å². The highest BCUT2D eigenvalue weighted by molar-refractivity contribution is 4.87. The highest BCUT2D eigenvalue weighted by Crippen LogP contribution is 2.19. The van der Waals surface area contributed by atoms with Crippen LogP contribution in [0.1, 0.15) is 26.7 Å². The van der Waals surface area contributed by atoms with Crippen molar-refractivity contribution in [3.8, 4) is 6.07 Å². The molecule has 3 nitrogen and oxygen atoms in total. The van der Waals surface area contributed by atoms with E-state index < -0.39 is 0 Å². The van der Waals surface area contributed by atoms with E-state index in [2.05, 4.69) is 30.1 Å². The van der Waals surface area contributed by atoms with Crippen LogP contribution < -0.4 is 5.32 Å². The predicted octanol–water partition coefficient (Wildman–Crippen LogP) is 1.22. The van der Waals surface area contributed by atoms with E-state index in [4.69, 9.17) is 5.26 Å². The van der Waals surface area contributed by atoms with Gasteiger partial charge in [-0.1, -0.05) is 20.3 Å². The summed E-state index contributed by atoms with van der Waals surface area (Å²) in [6, 6.07) is 2.83. The third kappa shape index (κ3) is 3.28. The van der Waals surface area contributed by atoms with Crippen LogP contribution in [0.5, 0.6) is 0 Å². The van der Waals surface area contributed by atoms with Crippen LogP contribution in [0.2, 0.25) is 0 Å². The number of hydrogen-bond donors (Lipinski definition) is 1. The van der Waals surface area contributed by atoms with Crippen LogP contribution in [-0.4, -0.2) is 37.1 Å². The summed E-state index contributed by atoms with van der Waals surface area (Å²) in [5, 5.41) is 12.2. The lowest BCUT2D eigenvalue weighted by Gasteiger charge is -2.36. The Morgan fingerprint density at radius 3 is 2.79 bits per heavy atom. The molecule has 1 aliphatic heterocycles. The van der Waals surface area contributed by atoms with Gasteiger partial charge in [-0.15, -0.1) is 0 Å². The molecule has 3 heteroatoms. The molecule has 2 atom stereocenters. The molecule has 0 aromatic heterocycles. The fourth-order valence-electron chi connectivity index (χ4n) is 2.26. The Hall–Kier alpha value is -0.590. The lowest BCUT2D eigenvalue weighted by Crippen LogP contribution is -2.49. The molecule has 0 aromatic carbocycles. The van der Waals surface area contributed by atoms with Gasteiger partial charge < -0.3 is 5.32 Å². The van der Waals surface area contributed by atoms with Crippen molar-refractivity contribution in [2.45, 2.75) is 32.7 Å². The summed E-state index contributed by atoms with van der Waals surface area (Å²) in [6.45, 7) is 8.14. The van der Waals surface area contributed by atoms with Gasteiger partial charge in [0.1, 0.15) is 0 Å². The van der Waals surface area contributed by atoms with E-state index in [1.54, 1.807) is 0 Å². The fraction of sp³-hybridized carbons (Fsp3) is 0.909. The van der Waals surface area contributed by atoms with E-state index in [0.717, 1.165) is 25.6 Å². The van der Waals surface area contributed by atoms with Crippen molar-refractivity contribution in [2.24, 2.45) is 5.92 Å². The highest BCUT2D eigenvalue weighted by Gasteiger charge is 2.25. The van der Waals surface area contributed by atoms with E-state index in [0.29, 0.717) is 12.6 Å². The summed E-state index contributed by atoms with van der Waals surface area (Å²) >= 11 is 0. The fourth-order valence-corrected chi connectivity index (χ4v) is 2.26. The average Bonchev–Trinajstić information content (AvgIpc) is 2.18. The number of nitrogens with one attached hydrogen (secondary N) is 1. The second-order valence-electron chi connectivity index (χ2n) is 4.12. The average molecular weight is 195 g/mol. The molecule has 1 saturated heterocycles. The zero-order valence-electron chi connectivity index (χ0n) is 9.29. The van der Waals surface area contributed by atoms with Crippen LogP contribution in [0, 0.1) is 17.2 Å². The first-order valence-electron chi connectivity index (χ1n) is 5.62. The molecule has 80 valence electrons.